The number of nitrogens with zero attached hydrogens (tertiary/aromatic N) is 4. The quantitative estimate of drug-likeness (QED) is 0.553. The second kappa shape index (κ2) is 8.28. The fourth-order valence-electron chi connectivity index (χ4n) is 3.99. The minimum Gasteiger partial charge on any atom is -0.450 e. The third-order valence-corrected chi connectivity index (χ3v) is 6.71. The van der Waals surface area contributed by atoms with E-state index in [2.05, 4.69) is 4.98 Å². The van der Waals surface area contributed by atoms with Gasteiger partial charge >= 0.3 is 6.09 Å². The molecule has 2 aliphatic rings. The van der Waals surface area contributed by atoms with Crippen LogP contribution in [0.1, 0.15) is 38.0 Å². The Morgan fingerprint density at radius 2 is 1.61 bits per heavy atom. The van der Waals surface area contributed by atoms with Crippen molar-refractivity contribution in [3.05, 3.63) is 59.2 Å². The van der Waals surface area contributed by atoms with Gasteiger partial charge < -0.3 is 14.5 Å². The Hall–Kier alpha value is -3.79. The second-order valence-electron chi connectivity index (χ2n) is 7.65. The van der Waals surface area contributed by atoms with Gasteiger partial charge in [0.2, 0.25) is 5.13 Å². The average Bonchev–Trinajstić information content (AvgIpc) is 3.36. The first kappa shape index (κ1) is 21.1. The Morgan fingerprint density at radius 1 is 0.970 bits per heavy atom. The van der Waals surface area contributed by atoms with E-state index in [0.29, 0.717) is 59.7 Å². The van der Waals surface area contributed by atoms with Gasteiger partial charge in [-0.3, -0.25) is 14.4 Å². The molecule has 0 bridgehead atoms. The Balaban J connectivity index is 1.34. The number of amides is 4. The van der Waals surface area contributed by atoms with Gasteiger partial charge in [0.05, 0.1) is 28.0 Å². The number of carbonyl (C=O) groups excluding carboxylic acids is 4. The number of aromatic nitrogens is 1. The van der Waals surface area contributed by atoms with Crippen molar-refractivity contribution in [2.45, 2.75) is 6.92 Å². The number of imide groups is 1. The topological polar surface area (TPSA) is 100 Å². The first-order valence-corrected chi connectivity index (χ1v) is 11.4. The van der Waals surface area contributed by atoms with E-state index in [1.54, 1.807) is 59.2 Å². The van der Waals surface area contributed by atoms with Gasteiger partial charge in [0.25, 0.3) is 17.7 Å². The molecular formula is C23H20N4O5S. The number of thiazole rings is 1. The van der Waals surface area contributed by atoms with E-state index >= 15 is 0 Å². The maximum atomic E-state index is 13.0. The number of piperazine rings is 1. The zero-order chi connectivity index (χ0) is 23.1. The molecule has 0 spiro atoms. The predicted molar refractivity (Wildman–Crippen MR) is 122 cm³/mol. The van der Waals surface area contributed by atoms with E-state index in [0.717, 1.165) is 4.90 Å². The third kappa shape index (κ3) is 3.62. The molecule has 0 unspecified atom stereocenters. The zero-order valence-electron chi connectivity index (χ0n) is 17.8. The van der Waals surface area contributed by atoms with Crippen molar-refractivity contribution in [3.8, 4) is 0 Å². The van der Waals surface area contributed by atoms with Crippen LogP contribution in [0.2, 0.25) is 0 Å². The summed E-state index contributed by atoms with van der Waals surface area (Å²) in [5.41, 5.74) is 1.82. The molecule has 1 aromatic heterocycles. The summed E-state index contributed by atoms with van der Waals surface area (Å²) in [6.07, 6.45) is -0.364. The van der Waals surface area contributed by atoms with Crippen LogP contribution in [0.4, 0.5) is 9.93 Å². The largest absolute Gasteiger partial charge is 0.450 e. The molecule has 0 saturated carbocycles. The van der Waals surface area contributed by atoms with Crippen LogP contribution in [-0.4, -0.2) is 71.4 Å². The smallest absolute Gasteiger partial charge is 0.409 e. The number of ether oxygens (including phenoxy) is 1. The highest BCUT2D eigenvalue weighted by Gasteiger charge is 2.38. The first-order valence-electron chi connectivity index (χ1n) is 10.6. The fourth-order valence-corrected chi connectivity index (χ4v) is 5.00. The normalized spacial score (nSPS) is 15.8. The van der Waals surface area contributed by atoms with Crippen molar-refractivity contribution in [1.82, 2.24) is 14.8 Å². The molecule has 1 saturated heterocycles. The standard InChI is InChI=1S/C23H20N4O5S/c1-2-32-23(31)26-11-9-25(10-12-26)19(28)14-7-8-17-18(13-14)33-22(24-17)27-20(29)15-5-3-4-6-16(15)21(27)30/h3-8,13H,2,9-12H2,1H3. The summed E-state index contributed by atoms with van der Waals surface area (Å²) in [6.45, 7) is 3.73. The highest BCUT2D eigenvalue weighted by Crippen LogP contribution is 2.34. The Morgan fingerprint density at radius 3 is 2.24 bits per heavy atom. The second-order valence-corrected chi connectivity index (χ2v) is 8.66. The van der Waals surface area contributed by atoms with E-state index in [1.165, 1.54) is 11.3 Å². The summed E-state index contributed by atoms with van der Waals surface area (Å²) < 4.78 is 5.72. The molecule has 33 heavy (non-hydrogen) atoms. The lowest BCUT2D eigenvalue weighted by molar-refractivity contribution is 0.0570. The van der Waals surface area contributed by atoms with Crippen LogP contribution < -0.4 is 4.90 Å². The van der Waals surface area contributed by atoms with Crippen molar-refractivity contribution in [2.75, 3.05) is 37.7 Å². The first-order chi connectivity index (χ1) is 16.0. The molecule has 9 nitrogen and oxygen atoms in total. The van der Waals surface area contributed by atoms with Crippen molar-refractivity contribution in [2.24, 2.45) is 0 Å². The highest BCUT2D eigenvalue weighted by molar-refractivity contribution is 7.22. The van der Waals surface area contributed by atoms with Gasteiger partial charge in [-0.1, -0.05) is 23.5 Å². The van der Waals surface area contributed by atoms with E-state index in [9.17, 15) is 19.2 Å². The van der Waals surface area contributed by atoms with Gasteiger partial charge in [-0.2, -0.15) is 0 Å². The van der Waals surface area contributed by atoms with Crippen LogP contribution in [0.15, 0.2) is 42.5 Å². The number of carbonyl (C=O) groups is 4. The lowest BCUT2D eigenvalue weighted by Crippen LogP contribution is -2.50. The minimum atomic E-state index is -0.398. The number of fused-ring (bicyclic) bond motifs is 2. The van der Waals surface area contributed by atoms with E-state index in [4.69, 9.17) is 4.74 Å². The maximum Gasteiger partial charge on any atom is 0.409 e. The van der Waals surface area contributed by atoms with Crippen molar-refractivity contribution in [3.63, 3.8) is 0 Å². The molecule has 3 heterocycles. The summed E-state index contributed by atoms with van der Waals surface area (Å²) in [7, 11) is 0. The molecule has 0 radical (unpaired) electrons. The Labute approximate surface area is 193 Å². The summed E-state index contributed by atoms with van der Waals surface area (Å²) in [4.78, 5) is 59.2. The number of hydrogen-bond acceptors (Lipinski definition) is 7. The van der Waals surface area contributed by atoms with Gasteiger partial charge in [0.15, 0.2) is 0 Å². The lowest BCUT2D eigenvalue weighted by Gasteiger charge is -2.34. The fraction of sp³-hybridized carbons (Fsp3) is 0.261. The monoisotopic (exact) mass is 464 g/mol. The highest BCUT2D eigenvalue weighted by atomic mass is 32.1. The van der Waals surface area contributed by atoms with E-state index < -0.39 is 11.8 Å². The van der Waals surface area contributed by atoms with Crippen LogP contribution in [0.3, 0.4) is 0 Å². The molecule has 10 heteroatoms. The van der Waals surface area contributed by atoms with Gasteiger partial charge in [0.1, 0.15) is 0 Å². The molecule has 2 aliphatic heterocycles. The lowest BCUT2D eigenvalue weighted by atomic mass is 10.1. The summed E-state index contributed by atoms with van der Waals surface area (Å²) in [5, 5.41) is 0.281. The van der Waals surface area contributed by atoms with Crippen LogP contribution >= 0.6 is 11.3 Å². The van der Waals surface area contributed by atoms with Crippen LogP contribution in [0, 0.1) is 0 Å². The molecule has 0 N–H and O–H groups in total. The third-order valence-electron chi connectivity index (χ3n) is 5.70. The minimum absolute atomic E-state index is 0.143. The molecular weight excluding hydrogens is 444 g/mol. The van der Waals surface area contributed by atoms with Crippen molar-refractivity contribution < 1.29 is 23.9 Å². The van der Waals surface area contributed by atoms with Crippen LogP contribution in [0.5, 0.6) is 0 Å². The Bertz CT molecular complexity index is 1260. The zero-order valence-corrected chi connectivity index (χ0v) is 18.6. The molecule has 1 fully saturated rings. The van der Waals surface area contributed by atoms with Crippen LogP contribution in [0.25, 0.3) is 10.2 Å². The SMILES string of the molecule is CCOC(=O)N1CCN(C(=O)c2ccc3nc(N4C(=O)c5ccccc5C4=O)sc3c2)CC1. The number of rotatable bonds is 3. The van der Waals surface area contributed by atoms with Crippen molar-refractivity contribution in [1.29, 1.82) is 0 Å². The van der Waals surface area contributed by atoms with Gasteiger partial charge in [-0.05, 0) is 37.3 Å². The summed E-state index contributed by atoms with van der Waals surface area (Å²) >= 11 is 1.19. The predicted octanol–water partition coefficient (Wildman–Crippen LogP) is 3.01. The molecule has 3 aromatic rings. The maximum absolute atomic E-state index is 13.0. The number of hydrogen-bond donors (Lipinski definition) is 0. The average molecular weight is 465 g/mol. The van der Waals surface area contributed by atoms with Crippen molar-refractivity contribution >= 4 is 50.5 Å². The van der Waals surface area contributed by atoms with E-state index in [1.807, 2.05) is 0 Å². The van der Waals surface area contributed by atoms with Crippen LogP contribution in [-0.2, 0) is 4.74 Å². The molecule has 0 atom stereocenters. The summed E-state index contributed by atoms with van der Waals surface area (Å²) in [5.74, 6) is -0.938. The molecule has 168 valence electrons. The summed E-state index contributed by atoms with van der Waals surface area (Å²) in [6, 6.07) is 11.8. The molecule has 4 amide bonds. The Kier molecular flexibility index (Phi) is 5.29. The van der Waals surface area contributed by atoms with Gasteiger partial charge in [-0.15, -0.1) is 0 Å². The molecule has 5 rings (SSSR count). The number of benzene rings is 2. The van der Waals surface area contributed by atoms with E-state index in [-0.39, 0.29) is 17.1 Å². The van der Waals surface area contributed by atoms with Gasteiger partial charge in [-0.25, -0.2) is 14.7 Å². The number of anilines is 1. The molecule has 0 aliphatic carbocycles. The van der Waals surface area contributed by atoms with Gasteiger partial charge in [0, 0.05) is 31.7 Å². The molecule has 2 aromatic carbocycles.